The molecular formula is C10H18N2. The molecule has 0 fully saturated rings. The van der Waals surface area contributed by atoms with Crippen molar-refractivity contribution in [2.45, 2.75) is 26.4 Å². The van der Waals surface area contributed by atoms with Gasteiger partial charge in [-0.1, -0.05) is 0 Å². The Balaban J connectivity index is 2.27. The van der Waals surface area contributed by atoms with Gasteiger partial charge in [0.05, 0.1) is 0 Å². The van der Waals surface area contributed by atoms with Crippen LogP contribution in [0, 0.1) is 0 Å². The molecule has 0 radical (unpaired) electrons. The fraction of sp³-hybridized carbons (Fsp3) is 0.600. The van der Waals surface area contributed by atoms with Crippen LogP contribution in [0.5, 0.6) is 0 Å². The molecule has 1 aromatic rings. The van der Waals surface area contributed by atoms with E-state index in [9.17, 15) is 0 Å². The summed E-state index contributed by atoms with van der Waals surface area (Å²) >= 11 is 0. The minimum atomic E-state index is 0.639. The van der Waals surface area contributed by atoms with Gasteiger partial charge in [-0.2, -0.15) is 0 Å². The van der Waals surface area contributed by atoms with Crippen LogP contribution < -0.4 is 0 Å². The van der Waals surface area contributed by atoms with Crippen molar-refractivity contribution in [3.8, 4) is 0 Å². The highest BCUT2D eigenvalue weighted by Crippen LogP contribution is 1.95. The smallest absolute Gasteiger partial charge is 0.0347 e. The van der Waals surface area contributed by atoms with Crippen LogP contribution in [-0.2, 0) is 6.54 Å². The van der Waals surface area contributed by atoms with E-state index in [0.29, 0.717) is 6.04 Å². The Morgan fingerprint density at radius 3 is 2.33 bits per heavy atom. The van der Waals surface area contributed by atoms with E-state index in [-0.39, 0.29) is 0 Å². The molecule has 0 spiro atoms. The average Bonchev–Trinajstić information content (AvgIpc) is 2.51. The Morgan fingerprint density at radius 2 is 1.83 bits per heavy atom. The van der Waals surface area contributed by atoms with E-state index < -0.39 is 0 Å². The van der Waals surface area contributed by atoms with Crippen LogP contribution in [0.4, 0.5) is 0 Å². The van der Waals surface area contributed by atoms with Crippen LogP contribution >= 0.6 is 0 Å². The van der Waals surface area contributed by atoms with Crippen molar-refractivity contribution in [1.29, 1.82) is 0 Å². The third kappa shape index (κ3) is 2.70. The van der Waals surface area contributed by atoms with Gasteiger partial charge >= 0.3 is 0 Å². The molecule has 1 aromatic heterocycles. The zero-order valence-electron chi connectivity index (χ0n) is 8.20. The number of rotatable bonds is 4. The summed E-state index contributed by atoms with van der Waals surface area (Å²) in [7, 11) is 2.16. The predicted octanol–water partition coefficient (Wildman–Crippen LogP) is 1.83. The molecule has 1 rings (SSSR count). The molecule has 2 nitrogen and oxygen atoms in total. The van der Waals surface area contributed by atoms with Crippen molar-refractivity contribution in [2.75, 3.05) is 13.6 Å². The quantitative estimate of drug-likeness (QED) is 0.662. The van der Waals surface area contributed by atoms with Gasteiger partial charge in [-0.05, 0) is 33.0 Å². The van der Waals surface area contributed by atoms with E-state index in [0.717, 1.165) is 13.1 Å². The molecule has 0 aliphatic rings. The molecule has 0 aliphatic heterocycles. The van der Waals surface area contributed by atoms with Gasteiger partial charge in [-0.25, -0.2) is 0 Å². The van der Waals surface area contributed by atoms with Crippen molar-refractivity contribution >= 4 is 0 Å². The molecule has 0 amide bonds. The Morgan fingerprint density at radius 1 is 1.25 bits per heavy atom. The summed E-state index contributed by atoms with van der Waals surface area (Å²) in [6.07, 6.45) is 4.21. The second-order valence-electron chi connectivity index (χ2n) is 3.50. The van der Waals surface area contributed by atoms with Crippen LogP contribution in [0.2, 0.25) is 0 Å². The summed E-state index contributed by atoms with van der Waals surface area (Å²) in [5.74, 6) is 0. The van der Waals surface area contributed by atoms with Crippen LogP contribution in [-0.4, -0.2) is 29.1 Å². The topological polar surface area (TPSA) is 8.17 Å². The molecule has 0 atom stereocenters. The van der Waals surface area contributed by atoms with Crippen LogP contribution in [0.1, 0.15) is 13.8 Å². The molecule has 0 aliphatic carbocycles. The average molecular weight is 166 g/mol. The fourth-order valence-electron chi connectivity index (χ4n) is 1.05. The lowest BCUT2D eigenvalue weighted by Gasteiger charge is -2.20. The van der Waals surface area contributed by atoms with Crippen LogP contribution in [0.15, 0.2) is 24.5 Å². The highest BCUT2D eigenvalue weighted by molar-refractivity contribution is 4.90. The van der Waals surface area contributed by atoms with Crippen molar-refractivity contribution in [1.82, 2.24) is 9.47 Å². The Hall–Kier alpha value is -0.760. The predicted molar refractivity (Wildman–Crippen MR) is 52.2 cm³/mol. The third-order valence-corrected chi connectivity index (χ3v) is 2.26. The Labute approximate surface area is 74.8 Å². The minimum absolute atomic E-state index is 0.639. The first-order valence-electron chi connectivity index (χ1n) is 4.51. The summed E-state index contributed by atoms with van der Waals surface area (Å²) in [5.41, 5.74) is 0. The van der Waals surface area contributed by atoms with E-state index in [4.69, 9.17) is 0 Å². The summed E-state index contributed by atoms with van der Waals surface area (Å²) < 4.78 is 2.21. The van der Waals surface area contributed by atoms with Gasteiger partial charge in [0.15, 0.2) is 0 Å². The zero-order valence-corrected chi connectivity index (χ0v) is 8.20. The summed E-state index contributed by atoms with van der Waals surface area (Å²) in [6, 6.07) is 4.77. The summed E-state index contributed by atoms with van der Waals surface area (Å²) in [5, 5.41) is 0. The van der Waals surface area contributed by atoms with Gasteiger partial charge < -0.3 is 9.47 Å². The monoisotopic (exact) mass is 166 g/mol. The number of hydrogen-bond donors (Lipinski definition) is 0. The van der Waals surface area contributed by atoms with Crippen molar-refractivity contribution in [2.24, 2.45) is 0 Å². The number of likely N-dealkylation sites (N-methyl/N-ethyl adjacent to an activating group) is 1. The molecule has 0 saturated heterocycles. The largest absolute Gasteiger partial charge is 0.353 e. The maximum absolute atomic E-state index is 2.35. The normalized spacial score (nSPS) is 11.4. The SMILES string of the molecule is CC(C)N(C)CCn1cccc1. The first kappa shape index (κ1) is 9.33. The summed E-state index contributed by atoms with van der Waals surface area (Å²) in [6.45, 7) is 6.64. The van der Waals surface area contributed by atoms with Crippen LogP contribution in [0.25, 0.3) is 0 Å². The molecule has 0 aromatic carbocycles. The number of aromatic nitrogens is 1. The summed E-state index contributed by atoms with van der Waals surface area (Å²) in [4.78, 5) is 2.35. The molecule has 0 N–H and O–H groups in total. The highest BCUT2D eigenvalue weighted by Gasteiger charge is 2.01. The van der Waals surface area contributed by atoms with Crippen molar-refractivity contribution < 1.29 is 0 Å². The van der Waals surface area contributed by atoms with Crippen molar-refractivity contribution in [3.63, 3.8) is 0 Å². The lowest BCUT2D eigenvalue weighted by molar-refractivity contribution is 0.263. The van der Waals surface area contributed by atoms with E-state index in [2.05, 4.69) is 54.9 Å². The molecule has 12 heavy (non-hydrogen) atoms. The molecule has 1 heterocycles. The minimum Gasteiger partial charge on any atom is -0.353 e. The lowest BCUT2D eigenvalue weighted by Crippen LogP contribution is -2.29. The molecule has 0 saturated carbocycles. The molecule has 0 bridgehead atoms. The molecule has 0 unspecified atom stereocenters. The van der Waals surface area contributed by atoms with Gasteiger partial charge in [0, 0.05) is 31.5 Å². The Kier molecular flexibility index (Phi) is 3.35. The highest BCUT2D eigenvalue weighted by atomic mass is 15.1. The number of nitrogens with zero attached hydrogens (tertiary/aromatic N) is 2. The molecule has 2 heteroatoms. The molecular weight excluding hydrogens is 148 g/mol. The van der Waals surface area contributed by atoms with Gasteiger partial charge in [0.25, 0.3) is 0 Å². The second-order valence-corrected chi connectivity index (χ2v) is 3.50. The van der Waals surface area contributed by atoms with Gasteiger partial charge in [0.2, 0.25) is 0 Å². The maximum Gasteiger partial charge on any atom is 0.0347 e. The first-order chi connectivity index (χ1) is 5.70. The Bertz CT molecular complexity index is 202. The standard InChI is InChI=1S/C10H18N2/c1-10(2)11(3)8-9-12-6-4-5-7-12/h4-7,10H,8-9H2,1-3H3. The van der Waals surface area contributed by atoms with E-state index >= 15 is 0 Å². The van der Waals surface area contributed by atoms with E-state index in [1.165, 1.54) is 0 Å². The van der Waals surface area contributed by atoms with Crippen LogP contribution in [0.3, 0.4) is 0 Å². The third-order valence-electron chi connectivity index (χ3n) is 2.26. The first-order valence-corrected chi connectivity index (χ1v) is 4.51. The molecule has 68 valence electrons. The van der Waals surface area contributed by atoms with Crippen molar-refractivity contribution in [3.05, 3.63) is 24.5 Å². The maximum atomic E-state index is 2.35. The van der Waals surface area contributed by atoms with E-state index in [1.54, 1.807) is 0 Å². The van der Waals surface area contributed by atoms with Gasteiger partial charge in [0.1, 0.15) is 0 Å². The lowest BCUT2D eigenvalue weighted by atomic mass is 10.3. The second kappa shape index (κ2) is 4.31. The fourth-order valence-corrected chi connectivity index (χ4v) is 1.05. The number of hydrogen-bond acceptors (Lipinski definition) is 1. The zero-order chi connectivity index (χ0) is 8.97. The van der Waals surface area contributed by atoms with Gasteiger partial charge in [-0.3, -0.25) is 0 Å². The van der Waals surface area contributed by atoms with Gasteiger partial charge in [-0.15, -0.1) is 0 Å². The van der Waals surface area contributed by atoms with E-state index in [1.807, 2.05) is 0 Å².